The van der Waals surface area contributed by atoms with Crippen molar-refractivity contribution in [2.45, 2.75) is 26.8 Å². The minimum atomic E-state index is -0.476. The molecule has 0 aliphatic carbocycles. The maximum Gasteiger partial charge on any atom is 0.293 e. The molecule has 1 aromatic rings. The van der Waals surface area contributed by atoms with Crippen LogP contribution in [0.1, 0.15) is 26.3 Å². The van der Waals surface area contributed by atoms with Gasteiger partial charge in [-0.2, -0.15) is 5.26 Å². The van der Waals surface area contributed by atoms with Crippen molar-refractivity contribution in [3.63, 3.8) is 0 Å². The Morgan fingerprint density at radius 2 is 2.06 bits per heavy atom. The molecule has 5 nitrogen and oxygen atoms in total. The molecular weight excluding hydrogens is 218 g/mol. The highest BCUT2D eigenvalue weighted by molar-refractivity contribution is 5.64. The smallest absolute Gasteiger partial charge is 0.293 e. The first-order chi connectivity index (χ1) is 7.95. The molecule has 1 N–H and O–H groups in total. The van der Waals surface area contributed by atoms with Gasteiger partial charge in [0, 0.05) is 12.1 Å². The molecular formula is C12H15N3O2. The number of nitro groups is 1. The lowest BCUT2D eigenvalue weighted by Gasteiger charge is -2.18. The van der Waals surface area contributed by atoms with Gasteiger partial charge in [0.25, 0.3) is 5.69 Å². The van der Waals surface area contributed by atoms with Crippen molar-refractivity contribution < 1.29 is 4.92 Å². The van der Waals surface area contributed by atoms with E-state index in [1.807, 2.05) is 26.8 Å². The van der Waals surface area contributed by atoms with Crippen LogP contribution in [0.5, 0.6) is 0 Å². The summed E-state index contributed by atoms with van der Waals surface area (Å²) >= 11 is 0. The van der Waals surface area contributed by atoms with Crippen molar-refractivity contribution in [3.8, 4) is 6.07 Å². The van der Waals surface area contributed by atoms with Crippen LogP contribution in [0.25, 0.3) is 0 Å². The number of nitriles is 1. The summed E-state index contributed by atoms with van der Waals surface area (Å²) in [6, 6.07) is 6.46. The van der Waals surface area contributed by atoms with E-state index < -0.39 is 4.92 Å². The molecule has 1 aromatic carbocycles. The van der Waals surface area contributed by atoms with E-state index in [1.165, 1.54) is 6.07 Å². The number of rotatable bonds is 4. The summed E-state index contributed by atoms with van der Waals surface area (Å²) in [6.07, 6.45) is 0. The zero-order valence-corrected chi connectivity index (χ0v) is 10.1. The molecule has 1 atom stereocenters. The fraction of sp³-hybridized carbons (Fsp3) is 0.417. The van der Waals surface area contributed by atoms with Crippen molar-refractivity contribution >= 4 is 11.4 Å². The third-order valence-corrected chi connectivity index (χ3v) is 2.71. The second-order valence-corrected chi connectivity index (χ2v) is 4.28. The minimum absolute atomic E-state index is 0.0587. The monoisotopic (exact) mass is 233 g/mol. The predicted octanol–water partition coefficient (Wildman–Crippen LogP) is 2.92. The van der Waals surface area contributed by atoms with Crippen molar-refractivity contribution in [1.29, 1.82) is 5.26 Å². The molecule has 0 spiro atoms. The Balaban J connectivity index is 3.08. The topological polar surface area (TPSA) is 79.0 Å². The summed E-state index contributed by atoms with van der Waals surface area (Å²) in [5.74, 6) is 0.366. The molecule has 0 fully saturated rings. The van der Waals surface area contributed by atoms with Crippen molar-refractivity contribution in [2.24, 2.45) is 5.92 Å². The number of benzene rings is 1. The maximum absolute atomic E-state index is 10.9. The highest BCUT2D eigenvalue weighted by Crippen LogP contribution is 2.26. The van der Waals surface area contributed by atoms with Crippen LogP contribution in [0.15, 0.2) is 18.2 Å². The molecule has 0 heterocycles. The predicted molar refractivity (Wildman–Crippen MR) is 65.7 cm³/mol. The first kappa shape index (κ1) is 13.0. The number of nitro benzene ring substituents is 1. The molecule has 0 aliphatic heterocycles. The third-order valence-electron chi connectivity index (χ3n) is 2.71. The Morgan fingerprint density at radius 1 is 1.41 bits per heavy atom. The van der Waals surface area contributed by atoms with Gasteiger partial charge in [0.15, 0.2) is 0 Å². The van der Waals surface area contributed by atoms with E-state index in [4.69, 9.17) is 5.26 Å². The second kappa shape index (κ2) is 5.30. The fourth-order valence-electron chi connectivity index (χ4n) is 1.29. The van der Waals surface area contributed by atoms with Gasteiger partial charge in [-0.05, 0) is 25.0 Å². The summed E-state index contributed by atoms with van der Waals surface area (Å²) in [6.45, 7) is 6.03. The lowest BCUT2D eigenvalue weighted by atomic mass is 10.1. The fourth-order valence-corrected chi connectivity index (χ4v) is 1.29. The van der Waals surface area contributed by atoms with E-state index in [0.29, 0.717) is 17.2 Å². The second-order valence-electron chi connectivity index (χ2n) is 4.28. The molecule has 0 bridgehead atoms. The van der Waals surface area contributed by atoms with Crippen LogP contribution in [-0.4, -0.2) is 11.0 Å². The zero-order chi connectivity index (χ0) is 13.0. The van der Waals surface area contributed by atoms with Crippen LogP contribution in [0.2, 0.25) is 0 Å². The van der Waals surface area contributed by atoms with Crippen LogP contribution in [0.3, 0.4) is 0 Å². The van der Waals surface area contributed by atoms with E-state index in [0.717, 1.165) is 0 Å². The lowest BCUT2D eigenvalue weighted by Crippen LogP contribution is -2.22. The van der Waals surface area contributed by atoms with Crippen molar-refractivity contribution in [2.75, 3.05) is 5.32 Å². The van der Waals surface area contributed by atoms with Gasteiger partial charge >= 0.3 is 0 Å². The van der Waals surface area contributed by atoms with E-state index in [2.05, 4.69) is 5.32 Å². The van der Waals surface area contributed by atoms with E-state index in [-0.39, 0.29) is 11.7 Å². The van der Waals surface area contributed by atoms with Crippen LogP contribution in [-0.2, 0) is 0 Å². The molecule has 90 valence electrons. The van der Waals surface area contributed by atoms with Crippen molar-refractivity contribution in [1.82, 2.24) is 0 Å². The number of nitrogens with one attached hydrogen (secondary N) is 1. The average molecular weight is 233 g/mol. The molecule has 17 heavy (non-hydrogen) atoms. The van der Waals surface area contributed by atoms with Crippen LogP contribution in [0.4, 0.5) is 11.4 Å². The van der Waals surface area contributed by atoms with Crippen LogP contribution >= 0.6 is 0 Å². The quantitative estimate of drug-likeness (QED) is 0.640. The van der Waals surface area contributed by atoms with Crippen LogP contribution in [0, 0.1) is 27.4 Å². The van der Waals surface area contributed by atoms with E-state index in [1.54, 1.807) is 12.1 Å². The van der Waals surface area contributed by atoms with Gasteiger partial charge in [-0.3, -0.25) is 10.1 Å². The average Bonchev–Trinajstić information content (AvgIpc) is 2.29. The standard InChI is InChI=1S/C12H15N3O2/c1-8(2)9(3)14-11-5-4-10(7-13)6-12(11)15(16)17/h4-6,8-9,14H,1-3H3. The SMILES string of the molecule is CC(C)C(C)Nc1ccc(C#N)cc1[N+](=O)[O-]. The number of anilines is 1. The largest absolute Gasteiger partial charge is 0.377 e. The van der Waals surface area contributed by atoms with E-state index in [9.17, 15) is 10.1 Å². The molecule has 0 aromatic heterocycles. The first-order valence-electron chi connectivity index (χ1n) is 5.40. The molecule has 1 rings (SSSR count). The van der Waals surface area contributed by atoms with Gasteiger partial charge in [-0.15, -0.1) is 0 Å². The third kappa shape index (κ3) is 3.18. The zero-order valence-electron chi connectivity index (χ0n) is 10.1. The first-order valence-corrected chi connectivity index (χ1v) is 5.40. The van der Waals surface area contributed by atoms with Gasteiger partial charge in [-0.25, -0.2) is 0 Å². The molecule has 0 radical (unpaired) electrons. The number of nitrogens with zero attached hydrogens (tertiary/aromatic N) is 2. The molecule has 0 saturated heterocycles. The molecule has 0 amide bonds. The number of hydrogen-bond acceptors (Lipinski definition) is 4. The molecule has 1 unspecified atom stereocenters. The van der Waals surface area contributed by atoms with Gasteiger partial charge < -0.3 is 5.32 Å². The molecule has 0 aliphatic rings. The Morgan fingerprint density at radius 3 is 2.53 bits per heavy atom. The van der Waals surface area contributed by atoms with Gasteiger partial charge in [0.1, 0.15) is 5.69 Å². The highest BCUT2D eigenvalue weighted by atomic mass is 16.6. The summed E-state index contributed by atoms with van der Waals surface area (Å²) in [7, 11) is 0. The summed E-state index contributed by atoms with van der Waals surface area (Å²) in [5.41, 5.74) is 0.686. The molecule has 0 saturated carbocycles. The maximum atomic E-state index is 10.9. The van der Waals surface area contributed by atoms with E-state index >= 15 is 0 Å². The van der Waals surface area contributed by atoms with Gasteiger partial charge in [0.2, 0.25) is 0 Å². The Bertz CT molecular complexity index is 463. The van der Waals surface area contributed by atoms with Crippen molar-refractivity contribution in [3.05, 3.63) is 33.9 Å². The minimum Gasteiger partial charge on any atom is -0.377 e. The Hall–Kier alpha value is -2.09. The summed E-state index contributed by atoms with van der Waals surface area (Å²) in [4.78, 5) is 10.4. The molecule has 5 heteroatoms. The normalized spacial score (nSPS) is 11.9. The van der Waals surface area contributed by atoms with Gasteiger partial charge in [0.05, 0.1) is 16.6 Å². The highest BCUT2D eigenvalue weighted by Gasteiger charge is 2.17. The summed E-state index contributed by atoms with van der Waals surface area (Å²) < 4.78 is 0. The Labute approximate surface area is 100 Å². The Kier molecular flexibility index (Phi) is 4.05. The number of hydrogen-bond donors (Lipinski definition) is 1. The lowest BCUT2D eigenvalue weighted by molar-refractivity contribution is -0.384. The summed E-state index contributed by atoms with van der Waals surface area (Å²) in [5, 5.41) is 22.7. The van der Waals surface area contributed by atoms with Gasteiger partial charge in [-0.1, -0.05) is 13.8 Å². The van der Waals surface area contributed by atoms with Crippen LogP contribution < -0.4 is 5.32 Å².